The topological polar surface area (TPSA) is 86.8 Å². The summed E-state index contributed by atoms with van der Waals surface area (Å²) in [6, 6.07) is 27.8. The van der Waals surface area contributed by atoms with Gasteiger partial charge in [0, 0.05) is 24.5 Å². The maximum atomic E-state index is 14.4. The van der Waals surface area contributed by atoms with Crippen LogP contribution in [0.25, 0.3) is 0 Å². The van der Waals surface area contributed by atoms with Crippen molar-refractivity contribution in [3.05, 3.63) is 131 Å². The molecule has 0 radical (unpaired) electrons. The molecule has 0 unspecified atom stereocenters. The zero-order valence-corrected chi connectivity index (χ0v) is 26.1. The monoisotopic (exact) mass is 635 g/mol. The highest BCUT2D eigenvalue weighted by Crippen LogP contribution is 2.26. The summed E-state index contributed by atoms with van der Waals surface area (Å²) in [6.07, 6.45) is 0.183. The van der Waals surface area contributed by atoms with E-state index in [2.05, 4.69) is 5.32 Å². The molecule has 0 heterocycles. The molecule has 0 aliphatic carbocycles. The van der Waals surface area contributed by atoms with Crippen LogP contribution in [0.4, 0.5) is 10.1 Å². The first-order chi connectivity index (χ1) is 21.1. The molecule has 4 aromatic carbocycles. The lowest BCUT2D eigenvalue weighted by molar-refractivity contribution is -0.140. The molecule has 0 fully saturated rings. The number of amides is 2. The summed E-state index contributed by atoms with van der Waals surface area (Å²) in [4.78, 5) is 29.5. The minimum atomic E-state index is -4.27. The van der Waals surface area contributed by atoms with Crippen LogP contribution in [0.15, 0.2) is 114 Å². The molecule has 2 amide bonds. The molecule has 1 atom stereocenters. The Balaban J connectivity index is 1.79. The van der Waals surface area contributed by atoms with E-state index < -0.39 is 34.3 Å². The van der Waals surface area contributed by atoms with Crippen molar-refractivity contribution in [2.45, 2.75) is 37.8 Å². The van der Waals surface area contributed by atoms with Gasteiger partial charge < -0.3 is 10.2 Å². The van der Waals surface area contributed by atoms with Gasteiger partial charge in [-0.25, -0.2) is 12.8 Å². The molecule has 0 bridgehead atoms. The molecule has 0 saturated heterocycles. The SMILES string of the molecule is CC(C)CNC(=O)[C@H](Cc1ccccc1)N(Cc1ccccc1Cl)C(=O)CN(c1ccc(F)cc1)S(=O)(=O)c1ccccc1. The number of rotatable bonds is 13. The maximum absolute atomic E-state index is 14.4. The largest absolute Gasteiger partial charge is 0.354 e. The first kappa shape index (κ1) is 32.7. The molecule has 10 heteroatoms. The highest BCUT2D eigenvalue weighted by molar-refractivity contribution is 7.92. The number of halogens is 2. The second-order valence-electron chi connectivity index (χ2n) is 10.8. The summed E-state index contributed by atoms with van der Waals surface area (Å²) < 4.78 is 42.7. The van der Waals surface area contributed by atoms with Crippen LogP contribution >= 0.6 is 11.6 Å². The Hall–Kier alpha value is -4.21. The van der Waals surface area contributed by atoms with E-state index in [9.17, 15) is 22.4 Å². The zero-order valence-electron chi connectivity index (χ0n) is 24.6. The van der Waals surface area contributed by atoms with Gasteiger partial charge in [-0.1, -0.05) is 92.2 Å². The van der Waals surface area contributed by atoms with E-state index >= 15 is 0 Å². The molecule has 4 rings (SSSR count). The van der Waals surface area contributed by atoms with E-state index in [4.69, 9.17) is 11.6 Å². The third kappa shape index (κ3) is 8.45. The molecule has 44 heavy (non-hydrogen) atoms. The van der Waals surface area contributed by atoms with Crippen molar-refractivity contribution < 1.29 is 22.4 Å². The summed E-state index contributed by atoms with van der Waals surface area (Å²) >= 11 is 6.51. The predicted molar refractivity (Wildman–Crippen MR) is 171 cm³/mol. The summed E-state index contributed by atoms with van der Waals surface area (Å²) in [5.41, 5.74) is 1.52. The maximum Gasteiger partial charge on any atom is 0.264 e. The van der Waals surface area contributed by atoms with Crippen LogP contribution in [0.5, 0.6) is 0 Å². The number of sulfonamides is 1. The summed E-state index contributed by atoms with van der Waals surface area (Å²) in [6.45, 7) is 3.63. The summed E-state index contributed by atoms with van der Waals surface area (Å²) in [5.74, 6) is -1.40. The number of hydrogen-bond donors (Lipinski definition) is 1. The third-order valence-electron chi connectivity index (χ3n) is 6.98. The number of benzene rings is 4. The van der Waals surface area contributed by atoms with Crippen molar-refractivity contribution in [3.8, 4) is 0 Å². The van der Waals surface area contributed by atoms with Crippen molar-refractivity contribution >= 4 is 39.1 Å². The minimum absolute atomic E-state index is 0.0368. The summed E-state index contributed by atoms with van der Waals surface area (Å²) in [5, 5.41) is 3.35. The Labute approximate surface area is 263 Å². The average Bonchev–Trinajstić information content (AvgIpc) is 3.02. The molecule has 0 aliphatic rings. The quantitative estimate of drug-likeness (QED) is 0.193. The Bertz CT molecular complexity index is 1650. The van der Waals surface area contributed by atoms with Crippen LogP contribution in [-0.2, 0) is 32.6 Å². The van der Waals surface area contributed by atoms with Gasteiger partial charge in [0.1, 0.15) is 18.4 Å². The van der Waals surface area contributed by atoms with Gasteiger partial charge in [-0.2, -0.15) is 0 Å². The first-order valence-corrected chi connectivity index (χ1v) is 16.1. The third-order valence-corrected chi connectivity index (χ3v) is 9.14. The van der Waals surface area contributed by atoms with Crippen LogP contribution in [0.3, 0.4) is 0 Å². The second-order valence-corrected chi connectivity index (χ2v) is 13.0. The fourth-order valence-corrected chi connectivity index (χ4v) is 6.27. The molecular formula is C34H35ClFN3O4S. The first-order valence-electron chi connectivity index (χ1n) is 14.2. The van der Waals surface area contributed by atoms with Crippen molar-refractivity contribution in [1.82, 2.24) is 10.2 Å². The van der Waals surface area contributed by atoms with Gasteiger partial charge >= 0.3 is 0 Å². The molecule has 0 spiro atoms. The number of nitrogens with one attached hydrogen (secondary N) is 1. The number of carbonyl (C=O) groups excluding carboxylic acids is 2. The van der Waals surface area contributed by atoms with Crippen LogP contribution in [-0.4, -0.2) is 44.3 Å². The molecule has 1 N–H and O–H groups in total. The van der Waals surface area contributed by atoms with Gasteiger partial charge in [-0.15, -0.1) is 0 Å². The minimum Gasteiger partial charge on any atom is -0.354 e. The lowest BCUT2D eigenvalue weighted by atomic mass is 10.0. The summed E-state index contributed by atoms with van der Waals surface area (Å²) in [7, 11) is -4.27. The van der Waals surface area contributed by atoms with Crippen molar-refractivity contribution in [2.75, 3.05) is 17.4 Å². The van der Waals surface area contributed by atoms with Crippen LogP contribution in [0.2, 0.25) is 5.02 Å². The van der Waals surface area contributed by atoms with E-state index in [1.54, 1.807) is 42.5 Å². The van der Waals surface area contributed by atoms with E-state index in [0.29, 0.717) is 17.1 Å². The van der Waals surface area contributed by atoms with Gasteiger partial charge in [0.25, 0.3) is 10.0 Å². The molecular weight excluding hydrogens is 601 g/mol. The van der Waals surface area contributed by atoms with Gasteiger partial charge in [0.15, 0.2) is 0 Å². The van der Waals surface area contributed by atoms with Gasteiger partial charge in [-0.3, -0.25) is 13.9 Å². The van der Waals surface area contributed by atoms with Crippen LogP contribution < -0.4 is 9.62 Å². The van der Waals surface area contributed by atoms with Gasteiger partial charge in [-0.05, 0) is 59.5 Å². The van der Waals surface area contributed by atoms with Gasteiger partial charge in [0.2, 0.25) is 11.8 Å². The Kier molecular flexibility index (Phi) is 11.1. The Morgan fingerprint density at radius 1 is 0.841 bits per heavy atom. The van der Waals surface area contributed by atoms with E-state index in [1.165, 1.54) is 29.2 Å². The Morgan fingerprint density at radius 3 is 2.05 bits per heavy atom. The van der Waals surface area contributed by atoms with E-state index in [0.717, 1.165) is 22.0 Å². The fourth-order valence-electron chi connectivity index (χ4n) is 4.64. The van der Waals surface area contributed by atoms with Crippen molar-refractivity contribution in [1.29, 1.82) is 0 Å². The Morgan fingerprint density at radius 2 is 1.43 bits per heavy atom. The second kappa shape index (κ2) is 15.0. The number of anilines is 1. The van der Waals surface area contributed by atoms with Crippen LogP contribution in [0, 0.1) is 11.7 Å². The number of nitrogens with zero attached hydrogens (tertiary/aromatic N) is 2. The van der Waals surface area contributed by atoms with E-state index in [1.807, 2.05) is 44.2 Å². The smallest absolute Gasteiger partial charge is 0.264 e. The number of hydrogen-bond acceptors (Lipinski definition) is 4. The van der Waals surface area contributed by atoms with Crippen molar-refractivity contribution in [2.24, 2.45) is 5.92 Å². The zero-order chi connectivity index (χ0) is 31.7. The number of carbonyl (C=O) groups is 2. The lowest BCUT2D eigenvalue weighted by Gasteiger charge is -2.34. The average molecular weight is 636 g/mol. The molecule has 0 saturated carbocycles. The van der Waals surface area contributed by atoms with E-state index in [-0.39, 0.29) is 35.4 Å². The van der Waals surface area contributed by atoms with Crippen LogP contribution in [0.1, 0.15) is 25.0 Å². The molecule has 0 aromatic heterocycles. The van der Waals surface area contributed by atoms with Gasteiger partial charge in [0.05, 0.1) is 10.6 Å². The lowest BCUT2D eigenvalue weighted by Crippen LogP contribution is -2.53. The standard InChI is InChI=1S/C34H35ClFN3O4S/c1-25(2)22-37-34(41)32(21-26-11-5-3-6-12-26)38(23-27-13-9-10-16-31(27)35)33(40)24-39(29-19-17-28(36)18-20-29)44(42,43)30-14-7-4-8-15-30/h3-20,25,32H,21-24H2,1-2H3,(H,37,41)/t32-/m0/s1. The molecule has 7 nitrogen and oxygen atoms in total. The molecule has 230 valence electrons. The highest BCUT2D eigenvalue weighted by Gasteiger charge is 2.35. The highest BCUT2D eigenvalue weighted by atomic mass is 35.5. The van der Waals surface area contributed by atoms with Crippen molar-refractivity contribution in [3.63, 3.8) is 0 Å². The predicted octanol–water partition coefficient (Wildman–Crippen LogP) is 6.09. The molecule has 4 aromatic rings. The molecule has 0 aliphatic heterocycles. The normalized spacial score (nSPS) is 12.0. The fraction of sp³-hybridized carbons (Fsp3) is 0.235.